The number of rotatable bonds is 7. The van der Waals surface area contributed by atoms with E-state index in [4.69, 9.17) is 4.42 Å². The summed E-state index contributed by atoms with van der Waals surface area (Å²) in [5.41, 5.74) is 2.16. The summed E-state index contributed by atoms with van der Waals surface area (Å²) in [6, 6.07) is 14.0. The van der Waals surface area contributed by atoms with E-state index in [2.05, 4.69) is 29.4 Å². The Morgan fingerprint density at radius 1 is 1.14 bits per heavy atom. The average Bonchev–Trinajstić information content (AvgIpc) is 3.16. The Labute approximate surface area is 167 Å². The lowest BCUT2D eigenvalue weighted by atomic mass is 9.97. The number of carbonyl (C=O) groups is 1. The molecule has 7 heteroatoms. The summed E-state index contributed by atoms with van der Waals surface area (Å²) in [5.74, 6) is -0.157. The zero-order chi connectivity index (χ0) is 20.1. The molecule has 1 heterocycles. The van der Waals surface area contributed by atoms with Gasteiger partial charge in [0, 0.05) is 5.69 Å². The van der Waals surface area contributed by atoms with Crippen LogP contribution in [-0.2, 0) is 4.79 Å². The second-order valence-electron chi connectivity index (χ2n) is 6.50. The first-order valence-corrected chi connectivity index (χ1v) is 10.0. The Hall–Kier alpha value is -2.67. The van der Waals surface area contributed by atoms with Gasteiger partial charge in [-0.25, -0.2) is 4.39 Å². The topological polar surface area (TPSA) is 68.0 Å². The number of nitrogens with one attached hydrogen (secondary N) is 1. The van der Waals surface area contributed by atoms with Crippen LogP contribution < -0.4 is 5.32 Å². The van der Waals surface area contributed by atoms with Gasteiger partial charge in [-0.05, 0) is 43.0 Å². The fourth-order valence-corrected chi connectivity index (χ4v) is 3.38. The first kappa shape index (κ1) is 20.1. The fourth-order valence-electron chi connectivity index (χ4n) is 2.70. The van der Waals surface area contributed by atoms with Gasteiger partial charge in [0.05, 0.1) is 10.8 Å². The van der Waals surface area contributed by atoms with Crippen LogP contribution >= 0.6 is 11.8 Å². The Balaban J connectivity index is 1.68. The number of amides is 1. The van der Waals surface area contributed by atoms with Gasteiger partial charge in [0.1, 0.15) is 5.82 Å². The number of halogens is 1. The molecule has 1 N–H and O–H groups in total. The van der Waals surface area contributed by atoms with E-state index >= 15 is 0 Å². The molecule has 5 nitrogen and oxygen atoms in total. The SMILES string of the molecule is CC[C@@H](C)c1ccccc1NC(=O)[C@H](C)Sc1nnc(-c2ccccc2F)o1. The number of benzene rings is 2. The van der Waals surface area contributed by atoms with E-state index in [-0.39, 0.29) is 22.6 Å². The van der Waals surface area contributed by atoms with Crippen molar-refractivity contribution in [3.05, 3.63) is 59.9 Å². The molecule has 2 aromatic carbocycles. The van der Waals surface area contributed by atoms with Gasteiger partial charge >= 0.3 is 0 Å². The van der Waals surface area contributed by atoms with Crippen LogP contribution in [0.5, 0.6) is 0 Å². The second-order valence-corrected chi connectivity index (χ2v) is 7.79. The number of nitrogens with zero attached hydrogens (tertiary/aromatic N) is 2. The van der Waals surface area contributed by atoms with Crippen LogP contribution in [0, 0.1) is 5.82 Å². The highest BCUT2D eigenvalue weighted by atomic mass is 32.2. The molecule has 28 heavy (non-hydrogen) atoms. The first-order chi connectivity index (χ1) is 13.5. The number of para-hydroxylation sites is 1. The maximum absolute atomic E-state index is 13.9. The van der Waals surface area contributed by atoms with Crippen molar-refractivity contribution in [3.63, 3.8) is 0 Å². The van der Waals surface area contributed by atoms with Crippen LogP contribution in [0.2, 0.25) is 0 Å². The predicted octanol–water partition coefficient (Wildman–Crippen LogP) is 5.51. The predicted molar refractivity (Wildman–Crippen MR) is 109 cm³/mol. The standard InChI is InChI=1S/C21H22FN3O2S/c1-4-13(2)15-9-6-8-12-18(15)23-19(26)14(3)28-21-25-24-20(27-21)16-10-5-7-11-17(16)22/h5-14H,4H2,1-3H3,(H,23,26)/t13-,14+/m1/s1. The average molecular weight is 399 g/mol. The number of thioether (sulfide) groups is 1. The zero-order valence-corrected chi connectivity index (χ0v) is 16.8. The molecule has 0 radical (unpaired) electrons. The highest BCUT2D eigenvalue weighted by Gasteiger charge is 2.21. The number of hydrogen-bond acceptors (Lipinski definition) is 5. The summed E-state index contributed by atoms with van der Waals surface area (Å²) in [6.07, 6.45) is 0.984. The molecule has 0 fully saturated rings. The van der Waals surface area contributed by atoms with Gasteiger partial charge in [-0.3, -0.25) is 4.79 Å². The number of hydrogen-bond donors (Lipinski definition) is 1. The molecule has 0 spiro atoms. The summed E-state index contributed by atoms with van der Waals surface area (Å²) >= 11 is 1.14. The van der Waals surface area contributed by atoms with E-state index in [0.29, 0.717) is 5.92 Å². The number of aromatic nitrogens is 2. The zero-order valence-electron chi connectivity index (χ0n) is 16.0. The normalized spacial score (nSPS) is 13.1. The van der Waals surface area contributed by atoms with Crippen molar-refractivity contribution >= 4 is 23.4 Å². The number of anilines is 1. The van der Waals surface area contributed by atoms with Gasteiger partial charge in [-0.2, -0.15) is 0 Å². The Bertz CT molecular complexity index is 960. The van der Waals surface area contributed by atoms with Crippen LogP contribution in [0.15, 0.2) is 58.2 Å². The Morgan fingerprint density at radius 3 is 2.61 bits per heavy atom. The lowest BCUT2D eigenvalue weighted by Crippen LogP contribution is -2.23. The van der Waals surface area contributed by atoms with Crippen LogP contribution in [0.4, 0.5) is 10.1 Å². The monoisotopic (exact) mass is 399 g/mol. The van der Waals surface area contributed by atoms with E-state index in [1.807, 2.05) is 24.3 Å². The van der Waals surface area contributed by atoms with Crippen LogP contribution in [-0.4, -0.2) is 21.4 Å². The van der Waals surface area contributed by atoms with Crippen molar-refractivity contribution in [3.8, 4) is 11.5 Å². The molecule has 0 aliphatic heterocycles. The minimum Gasteiger partial charge on any atom is -0.411 e. The molecule has 2 atom stereocenters. The highest BCUT2D eigenvalue weighted by molar-refractivity contribution is 8.00. The fraction of sp³-hybridized carbons (Fsp3) is 0.286. The molecule has 1 amide bonds. The molecule has 0 aliphatic carbocycles. The van der Waals surface area contributed by atoms with Crippen LogP contribution in [0.25, 0.3) is 11.5 Å². The number of carbonyl (C=O) groups excluding carboxylic acids is 1. The van der Waals surface area contributed by atoms with Gasteiger partial charge in [-0.15, -0.1) is 10.2 Å². The molecule has 0 aliphatic rings. The maximum atomic E-state index is 13.9. The Morgan fingerprint density at radius 2 is 1.86 bits per heavy atom. The second kappa shape index (κ2) is 9.01. The van der Waals surface area contributed by atoms with Crippen molar-refractivity contribution in [1.82, 2.24) is 10.2 Å². The van der Waals surface area contributed by atoms with E-state index < -0.39 is 11.1 Å². The minimum absolute atomic E-state index is 0.0929. The lowest BCUT2D eigenvalue weighted by Gasteiger charge is -2.17. The molecule has 3 rings (SSSR count). The molecular formula is C21H22FN3O2S. The molecule has 1 aromatic heterocycles. The van der Waals surface area contributed by atoms with Crippen molar-refractivity contribution in [2.45, 2.75) is 43.6 Å². The smallest absolute Gasteiger partial charge is 0.277 e. The lowest BCUT2D eigenvalue weighted by molar-refractivity contribution is -0.115. The first-order valence-electron chi connectivity index (χ1n) is 9.14. The summed E-state index contributed by atoms with van der Waals surface area (Å²) in [5, 5.41) is 10.5. The van der Waals surface area contributed by atoms with E-state index in [1.165, 1.54) is 6.07 Å². The molecule has 3 aromatic rings. The third-order valence-corrected chi connectivity index (χ3v) is 5.45. The molecule has 146 valence electrons. The van der Waals surface area contributed by atoms with E-state index in [1.54, 1.807) is 25.1 Å². The molecule has 0 saturated heterocycles. The third kappa shape index (κ3) is 4.59. The third-order valence-electron chi connectivity index (χ3n) is 4.52. The van der Waals surface area contributed by atoms with E-state index in [0.717, 1.165) is 29.4 Å². The summed E-state index contributed by atoms with van der Waals surface area (Å²) < 4.78 is 19.4. The van der Waals surface area contributed by atoms with E-state index in [9.17, 15) is 9.18 Å². The van der Waals surface area contributed by atoms with Gasteiger partial charge in [0.25, 0.3) is 11.1 Å². The van der Waals surface area contributed by atoms with Gasteiger partial charge in [0.15, 0.2) is 0 Å². The van der Waals surface area contributed by atoms with Crippen molar-refractivity contribution < 1.29 is 13.6 Å². The van der Waals surface area contributed by atoms with Gasteiger partial charge in [0.2, 0.25) is 5.91 Å². The minimum atomic E-state index is -0.459. The quantitative estimate of drug-likeness (QED) is 0.531. The van der Waals surface area contributed by atoms with Crippen molar-refractivity contribution in [2.75, 3.05) is 5.32 Å². The van der Waals surface area contributed by atoms with Crippen LogP contribution in [0.3, 0.4) is 0 Å². The molecule has 0 saturated carbocycles. The molecular weight excluding hydrogens is 377 g/mol. The molecule has 0 unspecified atom stereocenters. The summed E-state index contributed by atoms with van der Waals surface area (Å²) in [6.45, 7) is 6.01. The summed E-state index contributed by atoms with van der Waals surface area (Å²) in [4.78, 5) is 12.6. The van der Waals surface area contributed by atoms with Crippen molar-refractivity contribution in [2.24, 2.45) is 0 Å². The maximum Gasteiger partial charge on any atom is 0.277 e. The largest absolute Gasteiger partial charge is 0.411 e. The highest BCUT2D eigenvalue weighted by Crippen LogP contribution is 2.30. The van der Waals surface area contributed by atoms with Gasteiger partial charge < -0.3 is 9.73 Å². The van der Waals surface area contributed by atoms with Crippen molar-refractivity contribution in [1.29, 1.82) is 0 Å². The molecule has 0 bridgehead atoms. The Kier molecular flexibility index (Phi) is 6.46. The van der Waals surface area contributed by atoms with Crippen LogP contribution in [0.1, 0.15) is 38.7 Å². The van der Waals surface area contributed by atoms with Gasteiger partial charge in [-0.1, -0.05) is 55.9 Å². The summed E-state index contributed by atoms with van der Waals surface area (Å²) in [7, 11) is 0.